The number of alkyl halides is 1. The first-order valence-corrected chi connectivity index (χ1v) is 6.45. The van der Waals surface area contributed by atoms with Crippen molar-refractivity contribution in [1.29, 1.82) is 0 Å². The van der Waals surface area contributed by atoms with Crippen LogP contribution in [0.15, 0.2) is 0 Å². The molecule has 0 aromatic rings. The fourth-order valence-electron chi connectivity index (χ4n) is 4.61. The van der Waals surface area contributed by atoms with Crippen molar-refractivity contribution < 1.29 is 9.90 Å². The van der Waals surface area contributed by atoms with Crippen molar-refractivity contribution >= 4 is 17.6 Å². The van der Waals surface area contributed by atoms with Crippen LogP contribution in [-0.4, -0.2) is 16.5 Å². The Morgan fingerprint density at radius 3 is 1.93 bits per heavy atom. The Morgan fingerprint density at radius 1 is 1.07 bits per heavy atom. The molecule has 0 heterocycles. The lowest BCUT2D eigenvalue weighted by molar-refractivity contribution is -0.141. The van der Waals surface area contributed by atoms with Crippen molar-refractivity contribution in [2.24, 2.45) is 29.6 Å². The van der Waals surface area contributed by atoms with Crippen molar-refractivity contribution in [3.8, 4) is 0 Å². The van der Waals surface area contributed by atoms with Crippen LogP contribution >= 0.6 is 11.6 Å². The molecule has 0 aromatic heterocycles. The highest BCUT2D eigenvalue weighted by atomic mass is 35.5. The SMILES string of the molecule is O=C(O)C(Cl)C1C2CC3CC(C2)CC1C3. The molecule has 4 bridgehead atoms. The molecule has 0 spiro atoms. The smallest absolute Gasteiger partial charge is 0.321 e. The average Bonchev–Trinajstić information content (AvgIpc) is 2.15. The van der Waals surface area contributed by atoms with E-state index < -0.39 is 11.3 Å². The monoisotopic (exact) mass is 228 g/mol. The summed E-state index contributed by atoms with van der Waals surface area (Å²) in [4.78, 5) is 11.0. The third-order valence-corrected chi connectivity index (χ3v) is 5.35. The summed E-state index contributed by atoms with van der Waals surface area (Å²) in [5.41, 5.74) is 0. The fraction of sp³-hybridized carbons (Fsp3) is 0.917. The Bertz CT molecular complexity index is 261. The molecule has 0 radical (unpaired) electrons. The van der Waals surface area contributed by atoms with Gasteiger partial charge in [0, 0.05) is 0 Å². The van der Waals surface area contributed by atoms with Gasteiger partial charge in [-0.15, -0.1) is 11.6 Å². The minimum absolute atomic E-state index is 0.261. The first-order chi connectivity index (χ1) is 7.15. The number of rotatable bonds is 2. The maximum atomic E-state index is 11.0. The molecule has 0 aromatic carbocycles. The predicted molar refractivity (Wildman–Crippen MR) is 57.8 cm³/mol. The normalized spacial score (nSPS) is 49.3. The molecule has 1 atom stereocenters. The van der Waals surface area contributed by atoms with Crippen LogP contribution in [0.5, 0.6) is 0 Å². The van der Waals surface area contributed by atoms with Gasteiger partial charge in [-0.05, 0) is 61.7 Å². The van der Waals surface area contributed by atoms with Gasteiger partial charge in [0.25, 0.3) is 0 Å². The van der Waals surface area contributed by atoms with Gasteiger partial charge in [-0.3, -0.25) is 4.79 Å². The van der Waals surface area contributed by atoms with Crippen LogP contribution in [0.4, 0.5) is 0 Å². The zero-order valence-corrected chi connectivity index (χ0v) is 9.49. The van der Waals surface area contributed by atoms with E-state index in [1.807, 2.05) is 0 Å². The molecule has 4 fully saturated rings. The van der Waals surface area contributed by atoms with E-state index in [0.29, 0.717) is 11.8 Å². The van der Waals surface area contributed by atoms with Gasteiger partial charge in [0.2, 0.25) is 0 Å². The van der Waals surface area contributed by atoms with Crippen molar-refractivity contribution in [3.05, 3.63) is 0 Å². The summed E-state index contributed by atoms with van der Waals surface area (Å²) in [6.07, 6.45) is 6.38. The van der Waals surface area contributed by atoms with E-state index in [1.165, 1.54) is 32.1 Å². The molecule has 3 heteroatoms. The summed E-state index contributed by atoms with van der Waals surface area (Å²) in [6.45, 7) is 0. The fourth-order valence-corrected chi connectivity index (χ4v) is 5.02. The maximum absolute atomic E-state index is 11.0. The molecule has 4 aliphatic carbocycles. The summed E-state index contributed by atoms with van der Waals surface area (Å²) in [7, 11) is 0. The molecule has 84 valence electrons. The van der Waals surface area contributed by atoms with E-state index in [2.05, 4.69) is 0 Å². The van der Waals surface area contributed by atoms with Crippen molar-refractivity contribution in [2.45, 2.75) is 37.5 Å². The van der Waals surface area contributed by atoms with Crippen LogP contribution in [0, 0.1) is 29.6 Å². The molecule has 1 N–H and O–H groups in total. The summed E-state index contributed by atoms with van der Waals surface area (Å²) < 4.78 is 0. The predicted octanol–water partition coefficient (Wildman–Crippen LogP) is 2.75. The molecule has 4 saturated carbocycles. The van der Waals surface area contributed by atoms with Crippen LogP contribution in [-0.2, 0) is 4.79 Å². The van der Waals surface area contributed by atoms with Crippen LogP contribution in [0.2, 0.25) is 0 Å². The van der Waals surface area contributed by atoms with E-state index >= 15 is 0 Å². The number of halogens is 1. The Balaban J connectivity index is 1.83. The highest BCUT2D eigenvalue weighted by Crippen LogP contribution is 2.57. The van der Waals surface area contributed by atoms with Gasteiger partial charge in [0.05, 0.1) is 0 Å². The number of carboxylic acids is 1. The van der Waals surface area contributed by atoms with Gasteiger partial charge in [-0.25, -0.2) is 0 Å². The zero-order valence-electron chi connectivity index (χ0n) is 8.73. The zero-order chi connectivity index (χ0) is 10.6. The lowest BCUT2D eigenvalue weighted by Crippen LogP contribution is -2.49. The van der Waals surface area contributed by atoms with Gasteiger partial charge in [0.15, 0.2) is 0 Å². The number of carboxylic acid groups (broad SMARTS) is 1. The number of aliphatic carboxylic acids is 1. The summed E-state index contributed by atoms with van der Waals surface area (Å²) >= 11 is 6.06. The molecule has 4 aliphatic rings. The molecule has 0 aliphatic heterocycles. The lowest BCUT2D eigenvalue weighted by Gasteiger charge is -2.55. The summed E-state index contributed by atoms with van der Waals surface area (Å²) in [5.74, 6) is 2.45. The molecule has 0 saturated heterocycles. The van der Waals surface area contributed by atoms with Crippen molar-refractivity contribution in [1.82, 2.24) is 0 Å². The minimum atomic E-state index is -0.811. The highest BCUT2D eigenvalue weighted by molar-refractivity contribution is 6.29. The molecule has 2 nitrogen and oxygen atoms in total. The second-order valence-electron chi connectivity index (χ2n) is 5.75. The van der Waals surface area contributed by atoms with Gasteiger partial charge >= 0.3 is 5.97 Å². The Kier molecular flexibility index (Phi) is 2.24. The van der Waals surface area contributed by atoms with Crippen molar-refractivity contribution in [2.75, 3.05) is 0 Å². The van der Waals surface area contributed by atoms with Crippen LogP contribution in [0.1, 0.15) is 32.1 Å². The van der Waals surface area contributed by atoms with Crippen molar-refractivity contribution in [3.63, 3.8) is 0 Å². The largest absolute Gasteiger partial charge is 0.480 e. The summed E-state index contributed by atoms with van der Waals surface area (Å²) in [5, 5.41) is 8.40. The van der Waals surface area contributed by atoms with Gasteiger partial charge in [-0.2, -0.15) is 0 Å². The molecular formula is C12H17ClO2. The first-order valence-electron chi connectivity index (χ1n) is 6.02. The first kappa shape index (κ1) is 9.95. The Morgan fingerprint density at radius 2 is 1.53 bits per heavy atom. The number of hydrogen-bond acceptors (Lipinski definition) is 1. The molecule has 1 unspecified atom stereocenters. The quantitative estimate of drug-likeness (QED) is 0.738. The third kappa shape index (κ3) is 1.49. The van der Waals surface area contributed by atoms with E-state index in [1.54, 1.807) is 0 Å². The molecule has 4 rings (SSSR count). The highest BCUT2D eigenvalue weighted by Gasteiger charge is 2.51. The van der Waals surface area contributed by atoms with Crippen LogP contribution in [0.25, 0.3) is 0 Å². The van der Waals surface area contributed by atoms with E-state index in [4.69, 9.17) is 16.7 Å². The second-order valence-corrected chi connectivity index (χ2v) is 6.22. The molecule has 0 amide bonds. The molecule has 15 heavy (non-hydrogen) atoms. The van der Waals surface area contributed by atoms with E-state index in [-0.39, 0.29) is 5.92 Å². The third-order valence-electron chi connectivity index (χ3n) is 4.87. The Hall–Kier alpha value is -0.240. The minimum Gasteiger partial charge on any atom is -0.480 e. The van der Waals surface area contributed by atoms with Crippen LogP contribution < -0.4 is 0 Å². The average molecular weight is 229 g/mol. The lowest BCUT2D eigenvalue weighted by atomic mass is 9.51. The van der Waals surface area contributed by atoms with Gasteiger partial charge in [-0.1, -0.05) is 0 Å². The van der Waals surface area contributed by atoms with E-state index in [0.717, 1.165) is 11.8 Å². The van der Waals surface area contributed by atoms with Gasteiger partial charge in [0.1, 0.15) is 5.38 Å². The topological polar surface area (TPSA) is 37.3 Å². The van der Waals surface area contributed by atoms with Gasteiger partial charge < -0.3 is 5.11 Å². The maximum Gasteiger partial charge on any atom is 0.321 e. The van der Waals surface area contributed by atoms with E-state index in [9.17, 15) is 4.79 Å². The summed E-state index contributed by atoms with van der Waals surface area (Å²) in [6, 6.07) is 0. The Labute approximate surface area is 95.0 Å². The van der Waals surface area contributed by atoms with Crippen LogP contribution in [0.3, 0.4) is 0 Å². The number of hydrogen-bond donors (Lipinski definition) is 1. The molecular weight excluding hydrogens is 212 g/mol. The standard InChI is InChI=1S/C12H17ClO2/c13-11(12(14)15)10-8-2-6-1-7(4-8)5-9(10)3-6/h6-11H,1-5H2,(H,14,15). The second kappa shape index (κ2) is 3.38. The number of carbonyl (C=O) groups is 1.